The number of nitrogen functional groups attached to an aromatic ring is 1. The molecule has 0 spiro atoms. The Morgan fingerprint density at radius 2 is 2.05 bits per heavy atom. The molecule has 1 atom stereocenters. The lowest BCUT2D eigenvalue weighted by molar-refractivity contribution is 0.194. The maximum absolute atomic E-state index is 13.9. The lowest BCUT2D eigenvalue weighted by Crippen LogP contribution is -2.07. The Labute approximate surface area is 126 Å². The van der Waals surface area contributed by atoms with Crippen molar-refractivity contribution in [1.82, 2.24) is 4.98 Å². The monoisotopic (exact) mass is 301 g/mol. The van der Waals surface area contributed by atoms with E-state index >= 15 is 0 Å². The first-order valence-corrected chi connectivity index (χ1v) is 6.84. The molecule has 1 saturated heterocycles. The van der Waals surface area contributed by atoms with Crippen LogP contribution in [-0.4, -0.2) is 18.2 Å². The van der Waals surface area contributed by atoms with Crippen LogP contribution in [0.1, 0.15) is 23.5 Å². The van der Waals surface area contributed by atoms with E-state index < -0.39 is 11.6 Å². The third kappa shape index (κ3) is 2.40. The van der Waals surface area contributed by atoms with Crippen molar-refractivity contribution in [2.45, 2.75) is 12.3 Å². The third-order valence-electron chi connectivity index (χ3n) is 3.78. The molecule has 0 amide bonds. The zero-order chi connectivity index (χ0) is 15.7. The van der Waals surface area contributed by atoms with Crippen LogP contribution < -0.4 is 5.73 Å². The Hall–Kier alpha value is -2.52. The van der Waals surface area contributed by atoms with Gasteiger partial charge in [0, 0.05) is 12.5 Å². The highest BCUT2D eigenvalue weighted by atomic mass is 19.1. The molecular formula is C16H13F2N3O. The number of ether oxygens (including phenoxy) is 1. The maximum atomic E-state index is 13.9. The second-order valence-electron chi connectivity index (χ2n) is 5.13. The zero-order valence-electron chi connectivity index (χ0n) is 11.6. The van der Waals surface area contributed by atoms with Crippen LogP contribution in [0, 0.1) is 23.0 Å². The minimum absolute atomic E-state index is 0.0199. The summed E-state index contributed by atoms with van der Waals surface area (Å²) in [5.74, 6) is -1.48. The number of halogens is 2. The molecule has 2 aromatic rings. The quantitative estimate of drug-likeness (QED) is 0.925. The van der Waals surface area contributed by atoms with E-state index in [0.717, 1.165) is 18.6 Å². The highest BCUT2D eigenvalue weighted by Gasteiger charge is 2.25. The van der Waals surface area contributed by atoms with Crippen LogP contribution in [0.2, 0.25) is 0 Å². The molecule has 1 aromatic heterocycles. The van der Waals surface area contributed by atoms with E-state index in [1.807, 2.05) is 6.07 Å². The predicted molar refractivity (Wildman–Crippen MR) is 76.9 cm³/mol. The van der Waals surface area contributed by atoms with E-state index in [0.29, 0.717) is 18.8 Å². The molecule has 22 heavy (non-hydrogen) atoms. The number of aromatic nitrogens is 1. The lowest BCUT2D eigenvalue weighted by atomic mass is 9.93. The third-order valence-corrected chi connectivity index (χ3v) is 3.78. The van der Waals surface area contributed by atoms with E-state index in [4.69, 9.17) is 10.5 Å². The first-order valence-electron chi connectivity index (χ1n) is 6.84. The van der Waals surface area contributed by atoms with E-state index in [1.54, 1.807) is 0 Å². The van der Waals surface area contributed by atoms with Crippen molar-refractivity contribution in [3.05, 3.63) is 47.0 Å². The summed E-state index contributed by atoms with van der Waals surface area (Å²) in [4.78, 5) is 4.00. The van der Waals surface area contributed by atoms with Gasteiger partial charge in [0.15, 0.2) is 0 Å². The van der Waals surface area contributed by atoms with E-state index in [9.17, 15) is 14.0 Å². The number of hydrogen-bond acceptors (Lipinski definition) is 4. The van der Waals surface area contributed by atoms with Crippen LogP contribution in [0.15, 0.2) is 24.3 Å². The van der Waals surface area contributed by atoms with Crippen molar-refractivity contribution in [3.8, 4) is 17.3 Å². The summed E-state index contributed by atoms with van der Waals surface area (Å²) in [7, 11) is 0. The van der Waals surface area contributed by atoms with Crippen LogP contribution in [0.3, 0.4) is 0 Å². The summed E-state index contributed by atoms with van der Waals surface area (Å²) in [6, 6.07) is 7.16. The predicted octanol–water partition coefficient (Wildman–Crippen LogP) is 2.98. The minimum atomic E-state index is -0.717. The van der Waals surface area contributed by atoms with Crippen LogP contribution >= 0.6 is 0 Å². The van der Waals surface area contributed by atoms with Gasteiger partial charge in [0.2, 0.25) is 0 Å². The molecule has 0 saturated carbocycles. The van der Waals surface area contributed by atoms with Gasteiger partial charge in [-0.25, -0.2) is 13.8 Å². The second-order valence-corrected chi connectivity index (χ2v) is 5.13. The standard InChI is InChI=1S/C16H13F2N3O/c17-12-2-1-3-13(18)15(12)14-6-10(9-4-5-22-8-9)11(7-19)16(20)21-14/h1-3,6,9H,4-5,8H2,(H2,20,21). The smallest absolute Gasteiger partial charge is 0.142 e. The number of nitriles is 1. The van der Waals surface area contributed by atoms with E-state index in [-0.39, 0.29) is 28.6 Å². The highest BCUT2D eigenvalue weighted by Crippen LogP contribution is 2.34. The SMILES string of the molecule is N#Cc1c(C2CCOC2)cc(-c2c(F)cccc2F)nc1N. The van der Waals surface area contributed by atoms with Gasteiger partial charge in [-0.3, -0.25) is 0 Å². The van der Waals surface area contributed by atoms with Crippen LogP contribution in [0.25, 0.3) is 11.3 Å². The molecule has 4 nitrogen and oxygen atoms in total. The number of nitrogens with zero attached hydrogens (tertiary/aromatic N) is 2. The number of hydrogen-bond donors (Lipinski definition) is 1. The molecule has 2 heterocycles. The van der Waals surface area contributed by atoms with Gasteiger partial charge in [-0.15, -0.1) is 0 Å². The van der Waals surface area contributed by atoms with Gasteiger partial charge in [0.05, 0.1) is 23.4 Å². The summed E-state index contributed by atoms with van der Waals surface area (Å²) in [5.41, 5.74) is 6.55. The molecule has 1 aromatic carbocycles. The molecule has 0 aliphatic carbocycles. The molecule has 3 rings (SSSR count). The number of nitrogens with two attached hydrogens (primary N) is 1. The molecule has 0 radical (unpaired) electrons. The Kier molecular flexibility index (Phi) is 3.73. The summed E-state index contributed by atoms with van der Waals surface area (Å²) in [6.07, 6.45) is 0.733. The molecular weight excluding hydrogens is 288 g/mol. The van der Waals surface area contributed by atoms with Crippen molar-refractivity contribution < 1.29 is 13.5 Å². The fraction of sp³-hybridized carbons (Fsp3) is 0.250. The molecule has 112 valence electrons. The Morgan fingerprint density at radius 1 is 1.32 bits per heavy atom. The minimum Gasteiger partial charge on any atom is -0.383 e. The molecule has 1 aliphatic rings. The summed E-state index contributed by atoms with van der Waals surface area (Å²) in [5, 5.41) is 9.27. The molecule has 2 N–H and O–H groups in total. The summed E-state index contributed by atoms with van der Waals surface area (Å²) < 4.78 is 33.2. The number of anilines is 1. The van der Waals surface area contributed by atoms with Crippen LogP contribution in [-0.2, 0) is 4.74 Å². The first-order chi connectivity index (χ1) is 10.6. The molecule has 0 bridgehead atoms. The first kappa shape index (κ1) is 14.4. The summed E-state index contributed by atoms with van der Waals surface area (Å²) in [6.45, 7) is 1.04. The number of benzene rings is 1. The summed E-state index contributed by atoms with van der Waals surface area (Å²) >= 11 is 0. The van der Waals surface area contributed by atoms with Gasteiger partial charge in [-0.05, 0) is 30.2 Å². The Balaban J connectivity index is 2.20. The van der Waals surface area contributed by atoms with E-state index in [1.165, 1.54) is 12.1 Å². The molecule has 1 unspecified atom stereocenters. The van der Waals surface area contributed by atoms with Crippen LogP contribution in [0.5, 0.6) is 0 Å². The van der Waals surface area contributed by atoms with Gasteiger partial charge in [0.1, 0.15) is 23.5 Å². The topological polar surface area (TPSA) is 71.9 Å². The van der Waals surface area contributed by atoms with Gasteiger partial charge in [-0.1, -0.05) is 6.07 Å². The number of rotatable bonds is 2. The highest BCUT2D eigenvalue weighted by molar-refractivity contribution is 5.67. The second kappa shape index (κ2) is 5.70. The molecule has 6 heteroatoms. The van der Waals surface area contributed by atoms with Gasteiger partial charge < -0.3 is 10.5 Å². The molecule has 1 fully saturated rings. The zero-order valence-corrected chi connectivity index (χ0v) is 11.6. The van der Waals surface area contributed by atoms with Crippen molar-refractivity contribution in [1.29, 1.82) is 5.26 Å². The Bertz CT molecular complexity index is 744. The van der Waals surface area contributed by atoms with Crippen molar-refractivity contribution in [3.63, 3.8) is 0 Å². The van der Waals surface area contributed by atoms with Gasteiger partial charge >= 0.3 is 0 Å². The fourth-order valence-electron chi connectivity index (χ4n) is 2.68. The molecule has 1 aliphatic heterocycles. The number of pyridine rings is 1. The van der Waals surface area contributed by atoms with E-state index in [2.05, 4.69) is 4.98 Å². The average molecular weight is 301 g/mol. The van der Waals surface area contributed by atoms with Gasteiger partial charge in [0.25, 0.3) is 0 Å². The van der Waals surface area contributed by atoms with Crippen LogP contribution in [0.4, 0.5) is 14.6 Å². The van der Waals surface area contributed by atoms with Gasteiger partial charge in [-0.2, -0.15) is 5.26 Å². The van der Waals surface area contributed by atoms with Crippen molar-refractivity contribution >= 4 is 5.82 Å². The lowest BCUT2D eigenvalue weighted by Gasteiger charge is -2.14. The average Bonchev–Trinajstić information content (AvgIpc) is 3.00. The Morgan fingerprint density at radius 3 is 2.64 bits per heavy atom. The van der Waals surface area contributed by atoms with Crippen molar-refractivity contribution in [2.24, 2.45) is 0 Å². The van der Waals surface area contributed by atoms with Crippen molar-refractivity contribution in [2.75, 3.05) is 18.9 Å². The fourth-order valence-corrected chi connectivity index (χ4v) is 2.68. The maximum Gasteiger partial charge on any atom is 0.142 e. The largest absolute Gasteiger partial charge is 0.383 e. The normalized spacial score (nSPS) is 17.4.